The molecule has 3 heteroatoms. The van der Waals surface area contributed by atoms with E-state index in [9.17, 15) is 9.59 Å². The highest BCUT2D eigenvalue weighted by Gasteiger charge is 2.49. The molecule has 1 aliphatic heterocycles. The Hall–Kier alpha value is -2.08. The Morgan fingerprint density at radius 2 is 1.95 bits per heavy atom. The summed E-state index contributed by atoms with van der Waals surface area (Å²) in [6.45, 7) is 2.15. The Morgan fingerprint density at radius 1 is 1.20 bits per heavy atom. The zero-order valence-corrected chi connectivity index (χ0v) is 11.5. The third-order valence-electron chi connectivity index (χ3n) is 4.46. The van der Waals surface area contributed by atoms with E-state index in [-0.39, 0.29) is 23.7 Å². The van der Waals surface area contributed by atoms with Crippen LogP contribution in [0.2, 0.25) is 0 Å². The van der Waals surface area contributed by atoms with Gasteiger partial charge >= 0.3 is 0 Å². The lowest BCUT2D eigenvalue weighted by Crippen LogP contribution is -2.30. The second-order valence-electron chi connectivity index (χ2n) is 5.84. The molecule has 1 aromatic carbocycles. The largest absolute Gasteiger partial charge is 0.274 e. The fourth-order valence-electron chi connectivity index (χ4n) is 3.38. The first kappa shape index (κ1) is 12.9. The summed E-state index contributed by atoms with van der Waals surface area (Å²) in [5.41, 5.74) is 1.30. The molecule has 1 saturated heterocycles. The summed E-state index contributed by atoms with van der Waals surface area (Å²) in [6, 6.07) is 7.09. The van der Waals surface area contributed by atoms with Gasteiger partial charge in [-0.15, -0.1) is 6.42 Å². The average Bonchev–Trinajstić information content (AvgIpc) is 2.70. The molecule has 0 radical (unpaired) electrons. The van der Waals surface area contributed by atoms with E-state index in [0.717, 1.165) is 19.3 Å². The molecule has 2 amide bonds. The molecule has 0 N–H and O–H groups in total. The maximum absolute atomic E-state index is 12.5. The summed E-state index contributed by atoms with van der Waals surface area (Å²) in [7, 11) is 0. The number of hydrogen-bond acceptors (Lipinski definition) is 2. The molecule has 3 nitrogen and oxygen atoms in total. The van der Waals surface area contributed by atoms with Gasteiger partial charge in [0.05, 0.1) is 17.5 Å². The number of carbonyl (C=O) groups is 2. The molecule has 0 unspecified atom stereocenters. The van der Waals surface area contributed by atoms with E-state index in [1.165, 1.54) is 4.90 Å². The van der Waals surface area contributed by atoms with Crippen LogP contribution in [0.3, 0.4) is 0 Å². The van der Waals surface area contributed by atoms with Crippen LogP contribution in [-0.2, 0) is 9.59 Å². The number of fused-ring (bicyclic) bond motifs is 1. The minimum absolute atomic E-state index is 0.0546. The van der Waals surface area contributed by atoms with E-state index in [1.54, 1.807) is 24.3 Å². The predicted octanol–water partition coefficient (Wildman–Crippen LogP) is 2.59. The molecule has 1 heterocycles. The first-order valence-electron chi connectivity index (χ1n) is 7.06. The van der Waals surface area contributed by atoms with E-state index in [4.69, 9.17) is 6.42 Å². The first-order chi connectivity index (χ1) is 9.61. The molecular formula is C17H17NO2. The van der Waals surface area contributed by atoms with Crippen LogP contribution in [0, 0.1) is 30.1 Å². The third-order valence-corrected chi connectivity index (χ3v) is 4.46. The molecule has 0 bridgehead atoms. The van der Waals surface area contributed by atoms with Crippen molar-refractivity contribution in [1.29, 1.82) is 0 Å². The zero-order valence-electron chi connectivity index (χ0n) is 11.5. The van der Waals surface area contributed by atoms with Crippen LogP contribution in [-0.4, -0.2) is 11.8 Å². The Labute approximate surface area is 119 Å². The highest BCUT2D eigenvalue weighted by molar-refractivity contribution is 6.22. The molecule has 0 aromatic heterocycles. The van der Waals surface area contributed by atoms with Crippen molar-refractivity contribution in [3.63, 3.8) is 0 Å². The third kappa shape index (κ3) is 1.92. The zero-order chi connectivity index (χ0) is 14.3. The molecule has 0 spiro atoms. The maximum Gasteiger partial charge on any atom is 0.237 e. The number of terminal acetylenes is 1. The molecule has 2 aliphatic rings. The highest BCUT2D eigenvalue weighted by Crippen LogP contribution is 2.42. The van der Waals surface area contributed by atoms with Gasteiger partial charge in [0.15, 0.2) is 0 Å². The smallest absolute Gasteiger partial charge is 0.237 e. The Kier molecular flexibility index (Phi) is 3.10. The van der Waals surface area contributed by atoms with Gasteiger partial charge < -0.3 is 0 Å². The number of amides is 2. The Bertz CT molecular complexity index is 614. The van der Waals surface area contributed by atoms with Crippen LogP contribution in [0.5, 0.6) is 0 Å². The fraction of sp³-hybridized carbons (Fsp3) is 0.412. The second-order valence-corrected chi connectivity index (χ2v) is 5.84. The van der Waals surface area contributed by atoms with Gasteiger partial charge in [-0.2, -0.15) is 0 Å². The standard InChI is InChI=1S/C17H17NO2/c1-3-12-5-4-6-13(10-12)18-16(19)14-8-7-11(2)9-15(14)17(18)20/h1,4-6,10-11,14-15H,7-9H2,2H3/t11-,14+,15+/m1/s1. The lowest BCUT2D eigenvalue weighted by Gasteiger charge is -2.25. The van der Waals surface area contributed by atoms with Crippen LogP contribution < -0.4 is 4.90 Å². The number of benzene rings is 1. The molecule has 3 rings (SSSR count). The summed E-state index contributed by atoms with van der Waals surface area (Å²) in [4.78, 5) is 26.4. The SMILES string of the molecule is C#Cc1cccc(N2C(=O)[C@H]3CC[C@@H](C)C[C@@H]3C2=O)c1. The molecule has 1 aromatic rings. The topological polar surface area (TPSA) is 37.4 Å². The molecule has 1 saturated carbocycles. The predicted molar refractivity (Wildman–Crippen MR) is 76.9 cm³/mol. The van der Waals surface area contributed by atoms with Crippen LogP contribution in [0.1, 0.15) is 31.7 Å². The lowest BCUT2D eigenvalue weighted by molar-refractivity contribution is -0.122. The fourth-order valence-corrected chi connectivity index (χ4v) is 3.38. The van der Waals surface area contributed by atoms with E-state index in [0.29, 0.717) is 17.2 Å². The van der Waals surface area contributed by atoms with Crippen molar-refractivity contribution in [2.24, 2.45) is 17.8 Å². The number of hydrogen-bond donors (Lipinski definition) is 0. The Balaban J connectivity index is 1.96. The monoisotopic (exact) mass is 267 g/mol. The first-order valence-corrected chi connectivity index (χ1v) is 7.06. The minimum atomic E-state index is -0.138. The maximum atomic E-state index is 12.5. The van der Waals surface area contributed by atoms with Crippen molar-refractivity contribution in [2.75, 3.05) is 4.90 Å². The quantitative estimate of drug-likeness (QED) is 0.579. The summed E-state index contributed by atoms with van der Waals surface area (Å²) < 4.78 is 0. The van der Waals surface area contributed by atoms with Crippen LogP contribution >= 0.6 is 0 Å². The van der Waals surface area contributed by atoms with Gasteiger partial charge in [0.2, 0.25) is 11.8 Å². The van der Waals surface area contributed by atoms with E-state index in [1.807, 2.05) is 0 Å². The number of imide groups is 1. The molecule has 102 valence electrons. The van der Waals surface area contributed by atoms with Crippen molar-refractivity contribution in [1.82, 2.24) is 0 Å². The van der Waals surface area contributed by atoms with Gasteiger partial charge in [0.25, 0.3) is 0 Å². The number of nitrogens with zero attached hydrogens (tertiary/aromatic N) is 1. The molecule has 2 fully saturated rings. The molecule has 3 atom stereocenters. The molecule has 20 heavy (non-hydrogen) atoms. The lowest BCUT2D eigenvalue weighted by atomic mass is 9.76. The summed E-state index contributed by atoms with van der Waals surface area (Å²) in [5.74, 6) is 2.68. The number of carbonyl (C=O) groups excluding carboxylic acids is 2. The summed E-state index contributed by atoms with van der Waals surface area (Å²) >= 11 is 0. The van der Waals surface area contributed by atoms with E-state index < -0.39 is 0 Å². The number of rotatable bonds is 1. The van der Waals surface area contributed by atoms with Crippen molar-refractivity contribution >= 4 is 17.5 Å². The van der Waals surface area contributed by atoms with Crippen molar-refractivity contribution in [2.45, 2.75) is 26.2 Å². The van der Waals surface area contributed by atoms with Gasteiger partial charge in [0, 0.05) is 5.56 Å². The summed E-state index contributed by atoms with van der Waals surface area (Å²) in [5, 5.41) is 0. The van der Waals surface area contributed by atoms with E-state index >= 15 is 0 Å². The number of anilines is 1. The Morgan fingerprint density at radius 3 is 2.70 bits per heavy atom. The van der Waals surface area contributed by atoms with Crippen molar-refractivity contribution in [3.05, 3.63) is 29.8 Å². The van der Waals surface area contributed by atoms with Crippen molar-refractivity contribution < 1.29 is 9.59 Å². The normalized spacial score (nSPS) is 29.2. The van der Waals surface area contributed by atoms with Gasteiger partial charge in [-0.25, -0.2) is 0 Å². The van der Waals surface area contributed by atoms with Crippen molar-refractivity contribution in [3.8, 4) is 12.3 Å². The molecule has 1 aliphatic carbocycles. The summed E-state index contributed by atoms with van der Waals surface area (Å²) in [6.07, 6.45) is 8.05. The molecular weight excluding hydrogens is 250 g/mol. The van der Waals surface area contributed by atoms with Crippen LogP contribution in [0.25, 0.3) is 0 Å². The van der Waals surface area contributed by atoms with Gasteiger partial charge in [-0.05, 0) is 43.4 Å². The average molecular weight is 267 g/mol. The second kappa shape index (κ2) is 4.79. The van der Waals surface area contributed by atoms with Crippen LogP contribution in [0.4, 0.5) is 5.69 Å². The van der Waals surface area contributed by atoms with E-state index in [2.05, 4.69) is 12.8 Å². The minimum Gasteiger partial charge on any atom is -0.274 e. The van der Waals surface area contributed by atoms with Gasteiger partial charge in [-0.1, -0.05) is 18.9 Å². The van der Waals surface area contributed by atoms with Crippen LogP contribution in [0.15, 0.2) is 24.3 Å². The van der Waals surface area contributed by atoms with Gasteiger partial charge in [-0.3, -0.25) is 14.5 Å². The highest BCUT2D eigenvalue weighted by atomic mass is 16.2. The van der Waals surface area contributed by atoms with Gasteiger partial charge in [0.1, 0.15) is 0 Å².